The lowest BCUT2D eigenvalue weighted by Gasteiger charge is -2.36. The number of hydrogen-bond acceptors (Lipinski definition) is 3. The van der Waals surface area contributed by atoms with Gasteiger partial charge in [0.15, 0.2) is 0 Å². The summed E-state index contributed by atoms with van der Waals surface area (Å²) in [7, 11) is 1.79. The summed E-state index contributed by atoms with van der Waals surface area (Å²) in [5.74, 6) is -0.788. The molecule has 0 aromatic heterocycles. The second kappa shape index (κ2) is 9.79. The number of carboxylic acids is 1. The number of carboxylic acid groups (broad SMARTS) is 1. The molecule has 7 nitrogen and oxygen atoms in total. The third-order valence-corrected chi connectivity index (χ3v) is 4.52. The van der Waals surface area contributed by atoms with Crippen LogP contribution in [0.4, 0.5) is 4.79 Å². The molecule has 1 heterocycles. The predicted octanol–water partition coefficient (Wildman–Crippen LogP) is 2.03. The first kappa shape index (κ1) is 19.8. The van der Waals surface area contributed by atoms with E-state index in [1.54, 1.807) is 21.7 Å². The Balaban J connectivity index is 1.72. The standard InChI is InChI=1S/C19H27N3O4/c1-20(15-16-7-3-2-4-8-16)19(26)22-13-11-21(12-14-22)17(23)9-5-6-10-18(24)25/h2-4,7-8H,5-6,9-15H2,1H3,(H,24,25). The van der Waals surface area contributed by atoms with Crippen molar-refractivity contribution in [2.75, 3.05) is 33.2 Å². The maximum atomic E-state index is 12.5. The average Bonchev–Trinajstić information content (AvgIpc) is 2.65. The topological polar surface area (TPSA) is 81.2 Å². The van der Waals surface area contributed by atoms with Crippen LogP contribution in [-0.4, -0.2) is 70.9 Å². The number of carbonyl (C=O) groups is 3. The van der Waals surface area contributed by atoms with Crippen LogP contribution in [0.25, 0.3) is 0 Å². The number of carbonyl (C=O) groups excluding carboxylic acids is 2. The van der Waals surface area contributed by atoms with E-state index in [0.717, 1.165) is 5.56 Å². The van der Waals surface area contributed by atoms with Gasteiger partial charge in [0, 0.05) is 52.6 Å². The highest BCUT2D eigenvalue weighted by Crippen LogP contribution is 2.11. The predicted molar refractivity (Wildman–Crippen MR) is 97.6 cm³/mol. The Kier molecular flexibility index (Phi) is 7.44. The van der Waals surface area contributed by atoms with Gasteiger partial charge >= 0.3 is 12.0 Å². The summed E-state index contributed by atoms with van der Waals surface area (Å²) in [5.41, 5.74) is 1.08. The van der Waals surface area contributed by atoms with E-state index in [1.165, 1.54) is 0 Å². The number of benzene rings is 1. The first-order valence-corrected chi connectivity index (χ1v) is 9.01. The fourth-order valence-corrected chi connectivity index (χ4v) is 3.02. The van der Waals surface area contributed by atoms with Gasteiger partial charge in [0.25, 0.3) is 0 Å². The lowest BCUT2D eigenvalue weighted by molar-refractivity contribution is -0.137. The van der Waals surface area contributed by atoms with Crippen LogP contribution in [0.15, 0.2) is 30.3 Å². The zero-order valence-electron chi connectivity index (χ0n) is 15.3. The van der Waals surface area contributed by atoms with E-state index < -0.39 is 5.97 Å². The molecule has 26 heavy (non-hydrogen) atoms. The van der Waals surface area contributed by atoms with Gasteiger partial charge in [-0.2, -0.15) is 0 Å². The molecule has 1 fully saturated rings. The summed E-state index contributed by atoms with van der Waals surface area (Å²) in [6.45, 7) is 2.67. The van der Waals surface area contributed by atoms with Crippen LogP contribution >= 0.6 is 0 Å². The Morgan fingerprint density at radius 1 is 0.962 bits per heavy atom. The quantitative estimate of drug-likeness (QED) is 0.754. The second-order valence-corrected chi connectivity index (χ2v) is 6.59. The first-order valence-electron chi connectivity index (χ1n) is 9.01. The lowest BCUT2D eigenvalue weighted by Crippen LogP contribution is -2.53. The van der Waals surface area contributed by atoms with E-state index in [-0.39, 0.29) is 18.4 Å². The smallest absolute Gasteiger partial charge is 0.320 e. The number of rotatable bonds is 7. The third kappa shape index (κ3) is 6.06. The van der Waals surface area contributed by atoms with Crippen molar-refractivity contribution in [3.8, 4) is 0 Å². The van der Waals surface area contributed by atoms with Crippen LogP contribution in [0.2, 0.25) is 0 Å². The Morgan fingerprint density at radius 3 is 2.15 bits per heavy atom. The third-order valence-electron chi connectivity index (χ3n) is 4.52. The zero-order valence-corrected chi connectivity index (χ0v) is 15.3. The van der Waals surface area contributed by atoms with Crippen molar-refractivity contribution in [2.45, 2.75) is 32.2 Å². The van der Waals surface area contributed by atoms with Crippen LogP contribution in [0.1, 0.15) is 31.2 Å². The van der Waals surface area contributed by atoms with Crippen LogP contribution in [0.5, 0.6) is 0 Å². The van der Waals surface area contributed by atoms with Crippen molar-refractivity contribution in [3.63, 3.8) is 0 Å². The van der Waals surface area contributed by atoms with Gasteiger partial charge in [-0.3, -0.25) is 9.59 Å². The molecule has 0 unspecified atom stereocenters. The summed E-state index contributed by atoms with van der Waals surface area (Å²) in [6.07, 6.45) is 1.58. The Hall–Kier alpha value is -2.57. The van der Waals surface area contributed by atoms with Gasteiger partial charge in [0.1, 0.15) is 0 Å². The maximum absolute atomic E-state index is 12.5. The van der Waals surface area contributed by atoms with Gasteiger partial charge in [-0.1, -0.05) is 30.3 Å². The van der Waals surface area contributed by atoms with Crippen molar-refractivity contribution >= 4 is 17.9 Å². The van der Waals surface area contributed by atoms with Crippen molar-refractivity contribution in [3.05, 3.63) is 35.9 Å². The molecule has 1 saturated heterocycles. The average molecular weight is 361 g/mol. The van der Waals surface area contributed by atoms with Crippen molar-refractivity contribution in [1.82, 2.24) is 14.7 Å². The van der Waals surface area contributed by atoms with Crippen LogP contribution < -0.4 is 0 Å². The van der Waals surface area contributed by atoms with Crippen LogP contribution in [0, 0.1) is 0 Å². The van der Waals surface area contributed by atoms with E-state index in [9.17, 15) is 14.4 Å². The Morgan fingerprint density at radius 2 is 1.54 bits per heavy atom. The molecule has 2 rings (SSSR count). The van der Waals surface area contributed by atoms with Gasteiger partial charge in [0.05, 0.1) is 0 Å². The molecular weight excluding hydrogens is 334 g/mol. The SMILES string of the molecule is CN(Cc1ccccc1)C(=O)N1CCN(C(=O)CCCCC(=O)O)CC1. The molecular formula is C19H27N3O4. The minimum absolute atomic E-state index is 0.0255. The fourth-order valence-electron chi connectivity index (χ4n) is 3.02. The Bertz CT molecular complexity index is 612. The molecule has 0 aliphatic carbocycles. The van der Waals surface area contributed by atoms with Crippen molar-refractivity contribution < 1.29 is 19.5 Å². The number of aliphatic carboxylic acids is 1. The normalized spacial score (nSPS) is 14.2. The number of nitrogens with zero attached hydrogens (tertiary/aromatic N) is 3. The Labute approximate surface area is 154 Å². The highest BCUT2D eigenvalue weighted by atomic mass is 16.4. The molecule has 142 valence electrons. The van der Waals surface area contributed by atoms with E-state index in [4.69, 9.17) is 5.11 Å². The molecule has 0 spiro atoms. The number of amides is 3. The summed E-state index contributed by atoms with van der Waals surface area (Å²) >= 11 is 0. The monoisotopic (exact) mass is 361 g/mol. The molecule has 0 atom stereocenters. The van der Waals surface area contributed by atoms with Crippen LogP contribution in [-0.2, 0) is 16.1 Å². The molecule has 1 aliphatic rings. The van der Waals surface area contributed by atoms with Crippen molar-refractivity contribution in [1.29, 1.82) is 0 Å². The summed E-state index contributed by atoms with van der Waals surface area (Å²) in [6, 6.07) is 9.81. The minimum atomic E-state index is -0.829. The summed E-state index contributed by atoms with van der Waals surface area (Å²) in [4.78, 5) is 40.4. The molecule has 0 saturated carbocycles. The number of hydrogen-bond donors (Lipinski definition) is 1. The largest absolute Gasteiger partial charge is 0.481 e. The van der Waals surface area contributed by atoms with Gasteiger partial charge in [-0.15, -0.1) is 0 Å². The molecule has 3 amide bonds. The molecule has 0 radical (unpaired) electrons. The number of unbranched alkanes of at least 4 members (excludes halogenated alkanes) is 1. The van der Waals surface area contributed by atoms with Gasteiger partial charge in [-0.05, 0) is 18.4 Å². The molecule has 0 bridgehead atoms. The van der Waals surface area contributed by atoms with E-state index in [1.807, 2.05) is 30.3 Å². The van der Waals surface area contributed by atoms with Gasteiger partial charge in [0.2, 0.25) is 5.91 Å². The fraction of sp³-hybridized carbons (Fsp3) is 0.526. The minimum Gasteiger partial charge on any atom is -0.481 e. The molecule has 1 aromatic carbocycles. The summed E-state index contributed by atoms with van der Waals surface area (Å²) < 4.78 is 0. The number of piperazine rings is 1. The molecule has 7 heteroatoms. The van der Waals surface area contributed by atoms with Crippen LogP contribution in [0.3, 0.4) is 0 Å². The van der Waals surface area contributed by atoms with Gasteiger partial charge in [-0.25, -0.2) is 4.79 Å². The molecule has 1 N–H and O–H groups in total. The van der Waals surface area contributed by atoms with Gasteiger partial charge < -0.3 is 19.8 Å². The maximum Gasteiger partial charge on any atom is 0.320 e. The zero-order chi connectivity index (χ0) is 18.9. The number of urea groups is 1. The summed E-state index contributed by atoms with van der Waals surface area (Å²) in [5, 5.41) is 8.61. The molecule has 1 aliphatic heterocycles. The highest BCUT2D eigenvalue weighted by Gasteiger charge is 2.25. The highest BCUT2D eigenvalue weighted by molar-refractivity contribution is 5.77. The lowest BCUT2D eigenvalue weighted by atomic mass is 10.1. The first-order chi connectivity index (χ1) is 12.5. The van der Waals surface area contributed by atoms with E-state index in [0.29, 0.717) is 52.0 Å². The van der Waals surface area contributed by atoms with E-state index in [2.05, 4.69) is 0 Å². The van der Waals surface area contributed by atoms with Crippen molar-refractivity contribution in [2.24, 2.45) is 0 Å². The second-order valence-electron chi connectivity index (χ2n) is 6.59. The molecule has 1 aromatic rings. The van der Waals surface area contributed by atoms with E-state index >= 15 is 0 Å².